The zero-order valence-electron chi connectivity index (χ0n) is 14.5. The lowest BCUT2D eigenvalue weighted by atomic mass is 9.65. The molecule has 2 heteroatoms. The number of benzene rings is 1. The fourth-order valence-electron chi connectivity index (χ4n) is 5.28. The molecule has 4 atom stereocenters. The van der Waals surface area contributed by atoms with Gasteiger partial charge in [0.2, 0.25) is 0 Å². The van der Waals surface area contributed by atoms with Crippen LogP contribution in [0.15, 0.2) is 30.3 Å². The molecule has 1 heterocycles. The van der Waals surface area contributed by atoms with Gasteiger partial charge in [-0.05, 0) is 36.2 Å². The van der Waals surface area contributed by atoms with Crippen molar-refractivity contribution in [2.24, 2.45) is 23.2 Å². The highest BCUT2D eigenvalue weighted by Crippen LogP contribution is 2.56. The van der Waals surface area contributed by atoms with Crippen molar-refractivity contribution in [3.05, 3.63) is 35.9 Å². The average Bonchev–Trinajstić information content (AvgIpc) is 2.78. The maximum Gasteiger partial charge on any atom is 0.0577 e. The van der Waals surface area contributed by atoms with Gasteiger partial charge >= 0.3 is 0 Å². The van der Waals surface area contributed by atoms with Crippen LogP contribution in [-0.4, -0.2) is 28.7 Å². The van der Waals surface area contributed by atoms with Gasteiger partial charge in [-0.25, -0.2) is 0 Å². The third-order valence-corrected chi connectivity index (χ3v) is 6.01. The summed E-state index contributed by atoms with van der Waals surface area (Å²) in [6.45, 7) is 11.4. The quantitative estimate of drug-likeness (QED) is 0.910. The molecule has 1 saturated carbocycles. The van der Waals surface area contributed by atoms with Crippen molar-refractivity contribution in [1.82, 2.24) is 4.90 Å². The first-order chi connectivity index (χ1) is 10.4. The van der Waals surface area contributed by atoms with E-state index >= 15 is 0 Å². The van der Waals surface area contributed by atoms with Crippen LogP contribution >= 0.6 is 0 Å². The molecule has 0 amide bonds. The van der Waals surface area contributed by atoms with Gasteiger partial charge in [0, 0.05) is 24.5 Å². The molecule has 122 valence electrons. The Labute approximate surface area is 135 Å². The summed E-state index contributed by atoms with van der Waals surface area (Å²) in [6.07, 6.45) is 2.12. The number of rotatable bonds is 4. The van der Waals surface area contributed by atoms with Gasteiger partial charge in [-0.15, -0.1) is 0 Å². The van der Waals surface area contributed by atoms with Crippen LogP contribution < -0.4 is 0 Å². The van der Waals surface area contributed by atoms with Crippen LogP contribution in [0.5, 0.6) is 0 Å². The molecule has 22 heavy (non-hydrogen) atoms. The molecule has 2 unspecified atom stereocenters. The Balaban J connectivity index is 1.73. The van der Waals surface area contributed by atoms with Crippen molar-refractivity contribution in [2.75, 3.05) is 6.54 Å². The monoisotopic (exact) mass is 301 g/mol. The smallest absolute Gasteiger partial charge is 0.0577 e. The third-order valence-electron chi connectivity index (χ3n) is 6.01. The summed E-state index contributed by atoms with van der Waals surface area (Å²) in [4.78, 5) is 2.63. The van der Waals surface area contributed by atoms with Gasteiger partial charge in [0.15, 0.2) is 0 Å². The SMILES string of the molecule is CC(C)C1N(Cc2ccccc2)CC12C[C@H](C(C)C)[C@@H](O)C2. The van der Waals surface area contributed by atoms with E-state index in [4.69, 9.17) is 0 Å². The van der Waals surface area contributed by atoms with Gasteiger partial charge in [-0.2, -0.15) is 0 Å². The highest BCUT2D eigenvalue weighted by molar-refractivity contribution is 5.18. The maximum absolute atomic E-state index is 10.5. The zero-order valence-corrected chi connectivity index (χ0v) is 14.5. The number of nitrogens with zero attached hydrogens (tertiary/aromatic N) is 1. The predicted molar refractivity (Wildman–Crippen MR) is 91.5 cm³/mol. The van der Waals surface area contributed by atoms with Gasteiger partial charge in [0.05, 0.1) is 6.10 Å². The molecule has 3 rings (SSSR count). The molecular weight excluding hydrogens is 270 g/mol. The molecule has 0 radical (unpaired) electrons. The lowest BCUT2D eigenvalue weighted by molar-refractivity contribution is -0.106. The molecule has 2 aliphatic rings. The normalized spacial score (nSPS) is 35.5. The predicted octanol–water partition coefficient (Wildman–Crippen LogP) is 3.94. The van der Waals surface area contributed by atoms with E-state index in [9.17, 15) is 5.11 Å². The van der Waals surface area contributed by atoms with Crippen molar-refractivity contribution >= 4 is 0 Å². The molecule has 1 aliphatic carbocycles. The van der Waals surface area contributed by atoms with E-state index in [1.807, 2.05) is 0 Å². The van der Waals surface area contributed by atoms with Crippen molar-refractivity contribution < 1.29 is 5.11 Å². The lowest BCUT2D eigenvalue weighted by Crippen LogP contribution is -2.65. The highest BCUT2D eigenvalue weighted by atomic mass is 16.3. The molecule has 2 fully saturated rings. The Morgan fingerprint density at radius 1 is 1.09 bits per heavy atom. The van der Waals surface area contributed by atoms with Crippen molar-refractivity contribution in [1.29, 1.82) is 0 Å². The summed E-state index contributed by atoms with van der Waals surface area (Å²) < 4.78 is 0. The summed E-state index contributed by atoms with van der Waals surface area (Å²) in [5, 5.41) is 10.5. The van der Waals surface area contributed by atoms with E-state index in [0.717, 1.165) is 19.5 Å². The van der Waals surface area contributed by atoms with E-state index in [-0.39, 0.29) is 6.10 Å². The van der Waals surface area contributed by atoms with Gasteiger partial charge in [0.1, 0.15) is 0 Å². The average molecular weight is 301 g/mol. The second-order valence-electron chi connectivity index (χ2n) is 8.33. The Kier molecular flexibility index (Phi) is 4.35. The second-order valence-corrected chi connectivity index (χ2v) is 8.33. The fourth-order valence-corrected chi connectivity index (χ4v) is 5.28. The summed E-state index contributed by atoms with van der Waals surface area (Å²) in [7, 11) is 0. The van der Waals surface area contributed by atoms with Gasteiger partial charge in [-0.1, -0.05) is 58.0 Å². The minimum absolute atomic E-state index is 0.0971. The van der Waals surface area contributed by atoms with Crippen LogP contribution in [0.4, 0.5) is 0 Å². The first-order valence-electron chi connectivity index (χ1n) is 8.89. The molecule has 1 saturated heterocycles. The van der Waals surface area contributed by atoms with Crippen LogP contribution in [0.1, 0.15) is 46.1 Å². The van der Waals surface area contributed by atoms with E-state index in [2.05, 4.69) is 62.9 Å². The molecule has 0 bridgehead atoms. The molecule has 1 aliphatic heterocycles. The largest absolute Gasteiger partial charge is 0.393 e. The minimum atomic E-state index is -0.0971. The lowest BCUT2D eigenvalue weighted by Gasteiger charge is -2.59. The molecule has 0 aromatic heterocycles. The van der Waals surface area contributed by atoms with Crippen LogP contribution in [0, 0.1) is 23.2 Å². The maximum atomic E-state index is 10.5. The van der Waals surface area contributed by atoms with E-state index in [1.54, 1.807) is 0 Å². The molecule has 1 spiro atoms. The van der Waals surface area contributed by atoms with Crippen LogP contribution in [0.25, 0.3) is 0 Å². The van der Waals surface area contributed by atoms with Gasteiger partial charge < -0.3 is 5.11 Å². The van der Waals surface area contributed by atoms with E-state index < -0.39 is 0 Å². The summed E-state index contributed by atoms with van der Waals surface area (Å²) in [5.41, 5.74) is 1.76. The highest BCUT2D eigenvalue weighted by Gasteiger charge is 2.59. The number of aliphatic hydroxyl groups is 1. The Morgan fingerprint density at radius 3 is 2.32 bits per heavy atom. The Hall–Kier alpha value is -0.860. The molecular formula is C20H31NO. The Bertz CT molecular complexity index is 498. The molecule has 2 nitrogen and oxygen atoms in total. The first-order valence-corrected chi connectivity index (χ1v) is 8.89. The van der Waals surface area contributed by atoms with Gasteiger partial charge in [0.25, 0.3) is 0 Å². The molecule has 1 aromatic rings. The third kappa shape index (κ3) is 2.72. The summed E-state index contributed by atoms with van der Waals surface area (Å²) >= 11 is 0. The van der Waals surface area contributed by atoms with Crippen molar-refractivity contribution in [3.8, 4) is 0 Å². The standard InChI is InChI=1S/C20H31NO/c1-14(2)17-10-20(11-18(17)22)13-21(19(20)15(3)4)12-16-8-6-5-7-9-16/h5-9,14-15,17-19,22H,10-13H2,1-4H3/t17-,18+,19?,20?/m1/s1. The van der Waals surface area contributed by atoms with Crippen LogP contribution in [-0.2, 0) is 6.54 Å². The van der Waals surface area contributed by atoms with Crippen molar-refractivity contribution in [3.63, 3.8) is 0 Å². The Morgan fingerprint density at radius 2 is 1.77 bits per heavy atom. The van der Waals surface area contributed by atoms with Crippen LogP contribution in [0.3, 0.4) is 0 Å². The first kappa shape index (κ1) is 16.0. The molecule has 1 N–H and O–H groups in total. The summed E-state index contributed by atoms with van der Waals surface area (Å²) in [5.74, 6) is 1.72. The number of aliphatic hydroxyl groups excluding tert-OH is 1. The van der Waals surface area contributed by atoms with Crippen molar-refractivity contribution in [2.45, 2.75) is 59.2 Å². The topological polar surface area (TPSA) is 23.5 Å². The number of likely N-dealkylation sites (tertiary alicyclic amines) is 1. The number of hydrogen-bond donors (Lipinski definition) is 1. The van der Waals surface area contributed by atoms with E-state index in [1.165, 1.54) is 12.0 Å². The van der Waals surface area contributed by atoms with Crippen LogP contribution in [0.2, 0.25) is 0 Å². The number of hydrogen-bond acceptors (Lipinski definition) is 2. The summed E-state index contributed by atoms with van der Waals surface area (Å²) in [6, 6.07) is 11.4. The zero-order chi connectivity index (χ0) is 15.9. The fraction of sp³-hybridized carbons (Fsp3) is 0.700. The minimum Gasteiger partial charge on any atom is -0.393 e. The molecule has 1 aromatic carbocycles. The second kappa shape index (κ2) is 5.98. The van der Waals surface area contributed by atoms with Gasteiger partial charge in [-0.3, -0.25) is 4.90 Å². The van der Waals surface area contributed by atoms with E-state index in [0.29, 0.717) is 29.2 Å².